The molecular weight excluding hydrogens is 456 g/mol. The highest BCUT2D eigenvalue weighted by Crippen LogP contribution is 2.33. The van der Waals surface area contributed by atoms with Crippen LogP contribution in [0.15, 0.2) is 59.7 Å². The van der Waals surface area contributed by atoms with Crippen LogP contribution in [-0.4, -0.2) is 85.4 Å². The van der Waals surface area contributed by atoms with Crippen LogP contribution in [0.4, 0.5) is 0 Å². The van der Waals surface area contributed by atoms with E-state index in [2.05, 4.69) is 4.90 Å². The molecule has 0 bridgehead atoms. The van der Waals surface area contributed by atoms with Crippen LogP contribution >= 0.6 is 0 Å². The normalized spacial score (nSPS) is 18.3. The van der Waals surface area contributed by atoms with Gasteiger partial charge in [0, 0.05) is 44.1 Å². The fraction of sp³-hybridized carbons (Fsp3) is 0.464. The second kappa shape index (κ2) is 12.1. The number of hydrazone groups is 1. The molecule has 36 heavy (non-hydrogen) atoms. The lowest BCUT2D eigenvalue weighted by Gasteiger charge is -2.31. The summed E-state index contributed by atoms with van der Waals surface area (Å²) in [4.78, 5) is 30.7. The van der Waals surface area contributed by atoms with Crippen LogP contribution in [0.1, 0.15) is 37.4 Å². The molecule has 2 amide bonds. The third-order valence-electron chi connectivity index (χ3n) is 6.67. The minimum atomic E-state index is -0.227. The lowest BCUT2D eigenvalue weighted by Crippen LogP contribution is -2.47. The van der Waals surface area contributed by atoms with Crippen LogP contribution in [0.5, 0.6) is 5.75 Å². The molecule has 0 saturated carbocycles. The fourth-order valence-corrected chi connectivity index (χ4v) is 4.61. The molecule has 0 N–H and O–H groups in total. The molecule has 8 heteroatoms. The highest BCUT2D eigenvalue weighted by molar-refractivity contribution is 6.03. The first kappa shape index (κ1) is 25.9. The van der Waals surface area contributed by atoms with Gasteiger partial charge in [-0.3, -0.25) is 14.5 Å². The first-order valence-corrected chi connectivity index (χ1v) is 12.6. The van der Waals surface area contributed by atoms with E-state index in [0.717, 1.165) is 42.2 Å². The van der Waals surface area contributed by atoms with Gasteiger partial charge in [0.2, 0.25) is 5.91 Å². The van der Waals surface area contributed by atoms with E-state index in [4.69, 9.17) is 14.6 Å². The second-order valence-corrected chi connectivity index (χ2v) is 9.52. The van der Waals surface area contributed by atoms with E-state index in [9.17, 15) is 9.59 Å². The Morgan fingerprint density at radius 1 is 1.11 bits per heavy atom. The highest BCUT2D eigenvalue weighted by Gasteiger charge is 2.34. The van der Waals surface area contributed by atoms with Crippen molar-refractivity contribution in [3.8, 4) is 5.75 Å². The van der Waals surface area contributed by atoms with Crippen LogP contribution in [0.25, 0.3) is 0 Å². The predicted octanol–water partition coefficient (Wildman–Crippen LogP) is 3.19. The number of amides is 2. The number of carbonyl (C=O) groups is 2. The van der Waals surface area contributed by atoms with Crippen molar-refractivity contribution in [2.75, 3.05) is 53.0 Å². The zero-order valence-electron chi connectivity index (χ0n) is 21.4. The maximum Gasteiger partial charge on any atom is 0.262 e. The van der Waals surface area contributed by atoms with E-state index in [1.165, 1.54) is 0 Å². The number of morpholine rings is 1. The van der Waals surface area contributed by atoms with E-state index < -0.39 is 0 Å². The van der Waals surface area contributed by atoms with Crippen molar-refractivity contribution in [2.45, 2.75) is 26.3 Å². The number of nitrogens with zero attached hydrogens (tertiary/aromatic N) is 4. The van der Waals surface area contributed by atoms with Crippen LogP contribution in [0.2, 0.25) is 0 Å². The summed E-state index contributed by atoms with van der Waals surface area (Å²) in [6.07, 6.45) is 0.592. The van der Waals surface area contributed by atoms with Crippen molar-refractivity contribution in [2.24, 2.45) is 11.0 Å². The average molecular weight is 493 g/mol. The van der Waals surface area contributed by atoms with Gasteiger partial charge in [0.15, 0.2) is 0 Å². The first-order valence-electron chi connectivity index (χ1n) is 12.6. The number of ether oxygens (including phenoxy) is 2. The van der Waals surface area contributed by atoms with Crippen LogP contribution in [0.3, 0.4) is 0 Å². The lowest BCUT2D eigenvalue weighted by atomic mass is 9.98. The molecule has 1 unspecified atom stereocenters. The molecule has 2 aromatic rings. The monoisotopic (exact) mass is 492 g/mol. The van der Waals surface area contributed by atoms with Gasteiger partial charge < -0.3 is 14.4 Å². The zero-order chi connectivity index (χ0) is 25.5. The van der Waals surface area contributed by atoms with Gasteiger partial charge in [-0.1, -0.05) is 56.3 Å². The average Bonchev–Trinajstić information content (AvgIpc) is 3.37. The number of hydrogen-bond donors (Lipinski definition) is 0. The molecule has 1 fully saturated rings. The molecule has 1 atom stereocenters. The quantitative estimate of drug-likeness (QED) is 0.538. The van der Waals surface area contributed by atoms with Crippen molar-refractivity contribution in [1.29, 1.82) is 0 Å². The zero-order valence-corrected chi connectivity index (χ0v) is 21.4. The summed E-state index contributed by atoms with van der Waals surface area (Å²) in [6.45, 7) is 8.04. The third kappa shape index (κ3) is 6.30. The molecule has 0 aromatic heterocycles. The Labute approximate surface area is 213 Å². The summed E-state index contributed by atoms with van der Waals surface area (Å²) in [5.41, 5.74) is 2.77. The van der Waals surface area contributed by atoms with Gasteiger partial charge in [0.25, 0.3) is 5.91 Å². The highest BCUT2D eigenvalue weighted by atomic mass is 16.5. The predicted molar refractivity (Wildman–Crippen MR) is 139 cm³/mol. The number of methoxy groups -OCH3 is 1. The number of benzene rings is 2. The van der Waals surface area contributed by atoms with Gasteiger partial charge in [-0.05, 0) is 17.7 Å². The molecule has 1 saturated heterocycles. The molecule has 2 aliphatic heterocycles. The largest absolute Gasteiger partial charge is 0.497 e. The minimum Gasteiger partial charge on any atom is -0.497 e. The summed E-state index contributed by atoms with van der Waals surface area (Å²) >= 11 is 0. The Bertz CT molecular complexity index is 1070. The number of hydrogen-bond acceptors (Lipinski definition) is 6. The summed E-state index contributed by atoms with van der Waals surface area (Å²) in [6, 6.07) is 17.4. The molecule has 0 aliphatic carbocycles. The summed E-state index contributed by atoms with van der Waals surface area (Å²) in [5, 5.41) is 6.35. The molecule has 4 rings (SSSR count). The Kier molecular flexibility index (Phi) is 8.72. The van der Waals surface area contributed by atoms with E-state index in [1.807, 2.05) is 68.4 Å². The smallest absolute Gasteiger partial charge is 0.262 e. The Morgan fingerprint density at radius 2 is 1.86 bits per heavy atom. The van der Waals surface area contributed by atoms with Crippen molar-refractivity contribution in [3.05, 3.63) is 65.7 Å². The molecule has 0 radical (unpaired) electrons. The topological polar surface area (TPSA) is 74.7 Å². The van der Waals surface area contributed by atoms with Gasteiger partial charge in [-0.15, -0.1) is 0 Å². The molecule has 2 aliphatic rings. The van der Waals surface area contributed by atoms with Crippen LogP contribution < -0.4 is 4.74 Å². The maximum absolute atomic E-state index is 13.7. The molecular formula is C28H36N4O4. The minimum absolute atomic E-state index is 0.000419. The van der Waals surface area contributed by atoms with Crippen molar-refractivity contribution < 1.29 is 19.1 Å². The standard InChI is InChI=1S/C28H36N4O4/c1-21(2)28(34)31(13-12-30-14-16-36-17-15-30)20-27(33)32-26(22-8-5-4-6-9-22)19-25(29-32)23-10-7-11-24(18-23)35-3/h4-11,18,21,26H,12-17,19-20H2,1-3H3. The summed E-state index contributed by atoms with van der Waals surface area (Å²) < 4.78 is 10.8. The molecule has 192 valence electrons. The summed E-state index contributed by atoms with van der Waals surface area (Å²) in [7, 11) is 1.63. The maximum atomic E-state index is 13.7. The second-order valence-electron chi connectivity index (χ2n) is 9.52. The van der Waals surface area contributed by atoms with Gasteiger partial charge in [-0.25, -0.2) is 5.01 Å². The molecule has 8 nitrogen and oxygen atoms in total. The van der Waals surface area contributed by atoms with Gasteiger partial charge >= 0.3 is 0 Å². The van der Waals surface area contributed by atoms with E-state index in [0.29, 0.717) is 26.2 Å². The van der Waals surface area contributed by atoms with Crippen molar-refractivity contribution >= 4 is 17.5 Å². The van der Waals surface area contributed by atoms with E-state index in [-0.39, 0.29) is 30.3 Å². The lowest BCUT2D eigenvalue weighted by molar-refractivity contribution is -0.143. The molecule has 0 spiro atoms. The van der Waals surface area contributed by atoms with Crippen molar-refractivity contribution in [1.82, 2.24) is 14.8 Å². The van der Waals surface area contributed by atoms with Gasteiger partial charge in [0.1, 0.15) is 12.3 Å². The fourth-order valence-electron chi connectivity index (χ4n) is 4.61. The Morgan fingerprint density at radius 3 is 2.56 bits per heavy atom. The van der Waals surface area contributed by atoms with Crippen LogP contribution in [-0.2, 0) is 14.3 Å². The third-order valence-corrected chi connectivity index (χ3v) is 6.67. The first-order chi connectivity index (χ1) is 17.5. The van der Waals surface area contributed by atoms with E-state index >= 15 is 0 Å². The summed E-state index contributed by atoms with van der Waals surface area (Å²) in [5.74, 6) is 0.344. The van der Waals surface area contributed by atoms with Crippen molar-refractivity contribution in [3.63, 3.8) is 0 Å². The Hall–Kier alpha value is -3.23. The number of carbonyl (C=O) groups excluding carboxylic acids is 2. The molecule has 2 aromatic carbocycles. The van der Waals surface area contributed by atoms with Gasteiger partial charge in [-0.2, -0.15) is 5.10 Å². The molecule has 2 heterocycles. The number of rotatable bonds is 9. The van der Waals surface area contributed by atoms with E-state index in [1.54, 1.807) is 17.0 Å². The Balaban J connectivity index is 1.55. The van der Waals surface area contributed by atoms with Gasteiger partial charge in [0.05, 0.1) is 32.1 Å². The van der Waals surface area contributed by atoms with Crippen LogP contribution in [0, 0.1) is 5.92 Å². The SMILES string of the molecule is COc1cccc(C2=NN(C(=O)CN(CCN3CCOCC3)C(=O)C(C)C)C(c3ccccc3)C2)c1.